The average Bonchev–Trinajstić information content (AvgIpc) is 3.65. The van der Waals surface area contributed by atoms with Gasteiger partial charge in [0.15, 0.2) is 0 Å². The average molecular weight is 593 g/mol. The maximum absolute atomic E-state index is 2.73. The van der Waals surface area contributed by atoms with Gasteiger partial charge in [0, 0.05) is 43.7 Å². The molecule has 2 aliphatic heterocycles. The van der Waals surface area contributed by atoms with Crippen molar-refractivity contribution in [2.24, 2.45) is 0 Å². The van der Waals surface area contributed by atoms with Gasteiger partial charge in [0.25, 0.3) is 0 Å². The Bertz CT molecular complexity index is 1830. The molecule has 0 radical (unpaired) electrons. The molecule has 0 atom stereocenters. The lowest BCUT2D eigenvalue weighted by atomic mass is 10.0. The van der Waals surface area contributed by atoms with Crippen molar-refractivity contribution < 1.29 is 0 Å². The third kappa shape index (κ3) is 3.81. The first kappa shape index (κ1) is 28.7. The van der Waals surface area contributed by atoms with E-state index >= 15 is 0 Å². The maximum Gasteiger partial charge on any atom is 0.0557 e. The second-order valence-corrected chi connectivity index (χ2v) is 13.5. The van der Waals surface area contributed by atoms with Crippen LogP contribution in [0.4, 0.5) is 0 Å². The van der Waals surface area contributed by atoms with Crippen molar-refractivity contribution in [3.8, 4) is 0 Å². The summed E-state index contributed by atoms with van der Waals surface area (Å²) in [7, 11) is 0.491. The van der Waals surface area contributed by atoms with Crippen LogP contribution in [0.25, 0.3) is 44.1 Å². The third-order valence-electron chi connectivity index (χ3n) is 10.7. The van der Waals surface area contributed by atoms with Crippen LogP contribution >= 0.6 is 8.51 Å². The molecule has 8 rings (SSSR count). The van der Waals surface area contributed by atoms with Crippen LogP contribution in [0, 0.1) is 0 Å². The van der Waals surface area contributed by atoms with E-state index in [-0.39, 0.29) is 0 Å². The van der Waals surface area contributed by atoms with E-state index in [1.807, 2.05) is 0 Å². The van der Waals surface area contributed by atoms with Crippen molar-refractivity contribution in [2.45, 2.75) is 120 Å². The normalized spacial score (nSPS) is 13.2. The van der Waals surface area contributed by atoms with E-state index in [1.165, 1.54) is 66.4 Å². The molecule has 0 aliphatic carbocycles. The number of aryl methyl sites for hydroxylation is 10. The van der Waals surface area contributed by atoms with E-state index in [1.54, 1.807) is 22.3 Å². The fourth-order valence-electron chi connectivity index (χ4n) is 8.89. The number of aromatic nitrogens is 4. The zero-order valence-corrected chi connectivity index (χ0v) is 28.7. The highest BCUT2D eigenvalue weighted by molar-refractivity contribution is 7.22. The van der Waals surface area contributed by atoms with Crippen LogP contribution in [0.1, 0.15) is 99.9 Å². The van der Waals surface area contributed by atoms with Gasteiger partial charge in [-0.15, -0.1) is 0 Å². The molecular formula is C38H49N4P. The monoisotopic (exact) mass is 592 g/mol. The predicted octanol–water partition coefficient (Wildman–Crippen LogP) is 9.92. The Morgan fingerprint density at radius 1 is 0.372 bits per heavy atom. The van der Waals surface area contributed by atoms with E-state index < -0.39 is 0 Å². The molecule has 43 heavy (non-hydrogen) atoms. The summed E-state index contributed by atoms with van der Waals surface area (Å²) in [4.78, 5) is 0. The molecule has 4 nitrogen and oxygen atoms in total. The van der Waals surface area contributed by atoms with Crippen LogP contribution in [0.2, 0.25) is 0 Å². The summed E-state index contributed by atoms with van der Waals surface area (Å²) in [5.41, 5.74) is 23.9. The first-order chi connectivity index (χ1) is 21.0. The van der Waals surface area contributed by atoms with Crippen LogP contribution < -0.4 is 0 Å². The summed E-state index contributed by atoms with van der Waals surface area (Å²) in [6, 6.07) is 10.4. The summed E-state index contributed by atoms with van der Waals surface area (Å²) < 4.78 is 10.9. The fourth-order valence-corrected chi connectivity index (χ4v) is 10.3. The lowest BCUT2D eigenvalue weighted by molar-refractivity contribution is 0.628. The molecule has 0 aromatic carbocycles. The number of fused-ring (bicyclic) bond motifs is 1. The van der Waals surface area contributed by atoms with E-state index in [2.05, 4.69) is 97.1 Å². The Morgan fingerprint density at radius 3 is 0.791 bits per heavy atom. The summed E-state index contributed by atoms with van der Waals surface area (Å²) in [5.74, 6) is 0. The van der Waals surface area contributed by atoms with Crippen LogP contribution in [-0.4, -0.2) is 17.5 Å². The van der Waals surface area contributed by atoms with Crippen molar-refractivity contribution in [1.82, 2.24) is 17.5 Å². The number of hydrogen-bond donors (Lipinski definition) is 0. The molecule has 12 bridgehead atoms. The Labute approximate surface area is 258 Å². The van der Waals surface area contributed by atoms with E-state index in [0.717, 1.165) is 64.5 Å². The molecule has 0 fully saturated rings. The molecule has 0 saturated carbocycles. The Kier molecular flexibility index (Phi) is 7.20. The maximum atomic E-state index is 2.73. The first-order valence-corrected chi connectivity index (χ1v) is 18.1. The van der Waals surface area contributed by atoms with Crippen molar-refractivity contribution in [1.29, 1.82) is 0 Å². The minimum Gasteiger partial charge on any atom is -0.339 e. The smallest absolute Gasteiger partial charge is 0.0557 e. The Hall–Kier alpha value is -3.10. The number of nitrogens with zero attached hydrogens (tertiary/aromatic N) is 4. The summed E-state index contributed by atoms with van der Waals surface area (Å²) in [5, 5.41) is 0. The van der Waals surface area contributed by atoms with Crippen LogP contribution in [0.15, 0.2) is 24.3 Å². The van der Waals surface area contributed by atoms with Crippen LogP contribution in [0.5, 0.6) is 0 Å². The molecule has 0 spiro atoms. The highest BCUT2D eigenvalue weighted by atomic mass is 31.1. The Balaban J connectivity index is 1.99. The topological polar surface area (TPSA) is 18.7 Å². The second kappa shape index (κ2) is 10.8. The molecule has 8 heterocycles. The van der Waals surface area contributed by atoms with Gasteiger partial charge in [-0.05, 0) is 120 Å². The third-order valence-corrected chi connectivity index (χ3v) is 12.1. The van der Waals surface area contributed by atoms with Gasteiger partial charge in [-0.2, -0.15) is 0 Å². The number of hydrogen-bond acceptors (Lipinski definition) is 0. The molecule has 0 N–H and O–H groups in total. The summed E-state index contributed by atoms with van der Waals surface area (Å²) in [6.45, 7) is 20.9. The highest BCUT2D eigenvalue weighted by Crippen LogP contribution is 2.39. The van der Waals surface area contributed by atoms with Crippen LogP contribution in [-0.2, 0) is 64.5 Å². The van der Waals surface area contributed by atoms with Gasteiger partial charge in [-0.1, -0.05) is 55.4 Å². The van der Waals surface area contributed by atoms with Crippen LogP contribution in [0.3, 0.4) is 0 Å². The predicted molar refractivity (Wildman–Crippen MR) is 189 cm³/mol. The minimum absolute atomic E-state index is 0.491. The highest BCUT2D eigenvalue weighted by Gasteiger charge is 2.23. The minimum atomic E-state index is 0.491. The first-order valence-electron chi connectivity index (χ1n) is 17.2. The molecular weight excluding hydrogens is 543 g/mol. The summed E-state index contributed by atoms with van der Waals surface area (Å²) >= 11 is 0. The molecule has 0 unspecified atom stereocenters. The Morgan fingerprint density at radius 2 is 0.581 bits per heavy atom. The zero-order valence-electron chi connectivity index (χ0n) is 27.7. The largest absolute Gasteiger partial charge is 0.339 e. The lowest BCUT2D eigenvalue weighted by Crippen LogP contribution is -2.07. The van der Waals surface area contributed by atoms with Gasteiger partial charge in [0.05, 0.1) is 22.1 Å². The van der Waals surface area contributed by atoms with Gasteiger partial charge in [0.2, 0.25) is 0 Å². The van der Waals surface area contributed by atoms with Gasteiger partial charge in [-0.3, -0.25) is 8.33 Å². The van der Waals surface area contributed by atoms with E-state index in [9.17, 15) is 0 Å². The van der Waals surface area contributed by atoms with E-state index in [4.69, 9.17) is 0 Å². The molecule has 6 aromatic heterocycles. The van der Waals surface area contributed by atoms with Gasteiger partial charge >= 0.3 is 0 Å². The number of rotatable bonds is 8. The zero-order chi connectivity index (χ0) is 30.2. The van der Waals surface area contributed by atoms with Gasteiger partial charge in [0.1, 0.15) is 0 Å². The standard InChI is InChI=1S/C38H49N4P/c1-9-23-24(10-2)32-20-36-29(15-7)30(16-8)38-22-34-26(12-4)25(11-3)33-21-37-28(14-6)27(13-5)35(41(37)43-42(36)38)19-31(23)39(32)17-18-40(33)34/h19-22,43H,9-18H2,1-8H3. The SMILES string of the molecule is CCc1c(CC)c2cc3c(CC)c(CC)c4cc5c(CC)c(CC)c6cc7c(CC)c(CC)c(cc1n2CCn65)n7[pH]n34. The molecule has 5 heteroatoms. The van der Waals surface area contributed by atoms with Gasteiger partial charge in [-0.25, -0.2) is 0 Å². The summed E-state index contributed by atoms with van der Waals surface area (Å²) in [6.07, 6.45) is 8.48. The molecule has 2 aliphatic rings. The molecule has 0 saturated heterocycles. The molecule has 0 amide bonds. The van der Waals surface area contributed by atoms with Crippen molar-refractivity contribution in [2.75, 3.05) is 0 Å². The lowest BCUT2D eigenvalue weighted by Gasteiger charge is -2.12. The fraction of sp³-hybridized carbons (Fsp3) is 0.474. The van der Waals surface area contributed by atoms with Crippen molar-refractivity contribution >= 4 is 52.6 Å². The molecule has 226 valence electrons. The van der Waals surface area contributed by atoms with Crippen molar-refractivity contribution in [3.05, 3.63) is 68.8 Å². The molecule has 6 aromatic rings. The van der Waals surface area contributed by atoms with Crippen molar-refractivity contribution in [3.63, 3.8) is 0 Å². The van der Waals surface area contributed by atoms with E-state index in [0.29, 0.717) is 8.51 Å². The second-order valence-electron chi connectivity index (χ2n) is 12.4. The van der Waals surface area contributed by atoms with Gasteiger partial charge < -0.3 is 9.13 Å². The quantitative estimate of drug-likeness (QED) is 0.168.